The first kappa shape index (κ1) is 16.4. The van der Waals surface area contributed by atoms with Crippen LogP contribution in [0.25, 0.3) is 5.57 Å². The lowest BCUT2D eigenvalue weighted by Gasteiger charge is -2.14. The second kappa shape index (κ2) is 6.60. The second-order valence-electron chi connectivity index (χ2n) is 6.57. The van der Waals surface area contributed by atoms with Crippen molar-refractivity contribution in [3.63, 3.8) is 0 Å². The number of carbonyl (C=O) groups excluding carboxylic acids is 1. The van der Waals surface area contributed by atoms with Gasteiger partial charge in [-0.25, -0.2) is 0 Å². The van der Waals surface area contributed by atoms with Crippen LogP contribution in [-0.2, 0) is 16.0 Å². The first-order chi connectivity index (χ1) is 11.5. The summed E-state index contributed by atoms with van der Waals surface area (Å²) in [6.45, 7) is 6.21. The van der Waals surface area contributed by atoms with Crippen LogP contribution in [0.3, 0.4) is 0 Å². The van der Waals surface area contributed by atoms with Crippen molar-refractivity contribution in [1.29, 1.82) is 0 Å². The molecule has 3 rings (SSSR count). The number of carbonyl (C=O) groups is 1. The molecular weight excluding hydrogens is 298 g/mol. The molecule has 0 saturated heterocycles. The standard InChI is InChI=1S/C21H23NO2/c1-13-9-14(2)19(15(3)10-13)20-18(24-4)12-16(21(20)23)11-17-7-5-6-8-22-17/h5-10,16H,11-12H2,1-4H3. The third-order valence-corrected chi connectivity index (χ3v) is 4.68. The van der Waals surface area contributed by atoms with Crippen molar-refractivity contribution < 1.29 is 9.53 Å². The highest BCUT2D eigenvalue weighted by atomic mass is 16.5. The lowest BCUT2D eigenvalue weighted by Crippen LogP contribution is -2.14. The highest BCUT2D eigenvalue weighted by molar-refractivity contribution is 6.25. The maximum Gasteiger partial charge on any atom is 0.170 e. The van der Waals surface area contributed by atoms with Crippen molar-refractivity contribution in [3.05, 3.63) is 70.2 Å². The summed E-state index contributed by atoms with van der Waals surface area (Å²) in [7, 11) is 1.66. The Bertz CT molecular complexity index is 783. The number of hydrogen-bond donors (Lipinski definition) is 0. The van der Waals surface area contributed by atoms with E-state index in [2.05, 4.69) is 37.9 Å². The van der Waals surface area contributed by atoms with Crippen molar-refractivity contribution in [2.45, 2.75) is 33.6 Å². The summed E-state index contributed by atoms with van der Waals surface area (Å²) >= 11 is 0. The van der Waals surface area contributed by atoms with E-state index in [1.165, 1.54) is 5.56 Å². The quantitative estimate of drug-likeness (QED) is 0.847. The van der Waals surface area contributed by atoms with Gasteiger partial charge in [0, 0.05) is 30.7 Å². The maximum absolute atomic E-state index is 13.1. The van der Waals surface area contributed by atoms with E-state index in [1.807, 2.05) is 18.2 Å². The van der Waals surface area contributed by atoms with Crippen LogP contribution in [0.5, 0.6) is 0 Å². The van der Waals surface area contributed by atoms with Crippen LogP contribution in [-0.4, -0.2) is 17.9 Å². The average Bonchev–Trinajstić information content (AvgIpc) is 2.84. The molecule has 0 saturated carbocycles. The Balaban J connectivity index is 1.97. The van der Waals surface area contributed by atoms with Crippen LogP contribution < -0.4 is 0 Å². The van der Waals surface area contributed by atoms with Gasteiger partial charge in [-0.3, -0.25) is 9.78 Å². The van der Waals surface area contributed by atoms with E-state index in [0.29, 0.717) is 12.8 Å². The van der Waals surface area contributed by atoms with E-state index in [9.17, 15) is 4.79 Å². The minimum atomic E-state index is -0.0926. The Morgan fingerprint density at radius 3 is 2.46 bits per heavy atom. The number of ketones is 1. The fourth-order valence-electron chi connectivity index (χ4n) is 3.72. The maximum atomic E-state index is 13.1. The zero-order valence-corrected chi connectivity index (χ0v) is 14.7. The summed E-state index contributed by atoms with van der Waals surface area (Å²) in [5, 5.41) is 0. The van der Waals surface area contributed by atoms with Gasteiger partial charge in [0.25, 0.3) is 0 Å². The molecule has 1 aliphatic rings. The molecule has 124 valence electrons. The lowest BCUT2D eigenvalue weighted by molar-refractivity contribution is -0.116. The highest BCUT2D eigenvalue weighted by Gasteiger charge is 2.36. The molecule has 1 aromatic carbocycles. The Morgan fingerprint density at radius 2 is 1.88 bits per heavy atom. The molecule has 24 heavy (non-hydrogen) atoms. The van der Waals surface area contributed by atoms with Crippen LogP contribution in [0, 0.1) is 26.7 Å². The number of aryl methyl sites for hydroxylation is 3. The molecule has 0 aliphatic heterocycles. The van der Waals surface area contributed by atoms with E-state index in [4.69, 9.17) is 4.74 Å². The summed E-state index contributed by atoms with van der Waals surface area (Å²) in [5.41, 5.74) is 6.21. The molecular formula is C21H23NO2. The molecule has 1 heterocycles. The van der Waals surface area contributed by atoms with Crippen molar-refractivity contribution >= 4 is 11.4 Å². The summed E-state index contributed by atoms with van der Waals surface area (Å²) in [6.07, 6.45) is 3.07. The van der Waals surface area contributed by atoms with E-state index < -0.39 is 0 Å². The molecule has 0 amide bonds. The minimum Gasteiger partial charge on any atom is -0.500 e. The number of ether oxygens (including phenoxy) is 1. The molecule has 3 nitrogen and oxygen atoms in total. The molecule has 1 aliphatic carbocycles. The molecule has 0 fully saturated rings. The summed E-state index contributed by atoms with van der Waals surface area (Å²) in [4.78, 5) is 17.5. The Labute approximate surface area is 143 Å². The zero-order chi connectivity index (χ0) is 17.3. The molecule has 0 bridgehead atoms. The van der Waals surface area contributed by atoms with Gasteiger partial charge < -0.3 is 4.74 Å². The van der Waals surface area contributed by atoms with E-state index in [1.54, 1.807) is 13.3 Å². The Morgan fingerprint density at radius 1 is 1.17 bits per heavy atom. The van der Waals surface area contributed by atoms with E-state index >= 15 is 0 Å². The first-order valence-electron chi connectivity index (χ1n) is 8.30. The third kappa shape index (κ3) is 2.99. The number of Topliss-reactive ketones (excluding diaryl/α,β-unsaturated/α-hetero) is 1. The number of hydrogen-bond acceptors (Lipinski definition) is 3. The summed E-state index contributed by atoms with van der Waals surface area (Å²) in [6, 6.07) is 10.1. The molecule has 3 heteroatoms. The number of pyridine rings is 1. The minimum absolute atomic E-state index is 0.0926. The first-order valence-corrected chi connectivity index (χ1v) is 8.30. The predicted molar refractivity (Wildman–Crippen MR) is 95.6 cm³/mol. The van der Waals surface area contributed by atoms with Gasteiger partial charge in [0.1, 0.15) is 5.76 Å². The number of aromatic nitrogens is 1. The van der Waals surface area contributed by atoms with Crippen LogP contribution in [0.15, 0.2) is 42.3 Å². The van der Waals surface area contributed by atoms with Gasteiger partial charge in [0.15, 0.2) is 5.78 Å². The number of allylic oxidation sites excluding steroid dienone is 2. The molecule has 1 unspecified atom stereocenters. The van der Waals surface area contributed by atoms with Crippen LogP contribution in [0.2, 0.25) is 0 Å². The van der Waals surface area contributed by atoms with E-state index in [-0.39, 0.29) is 11.7 Å². The van der Waals surface area contributed by atoms with Gasteiger partial charge in [-0.15, -0.1) is 0 Å². The SMILES string of the molecule is COC1=C(c2c(C)cc(C)cc2C)C(=O)C(Cc2ccccn2)C1. The topological polar surface area (TPSA) is 39.2 Å². The summed E-state index contributed by atoms with van der Waals surface area (Å²) < 4.78 is 5.60. The molecule has 1 aromatic heterocycles. The monoisotopic (exact) mass is 321 g/mol. The fourth-order valence-corrected chi connectivity index (χ4v) is 3.72. The smallest absolute Gasteiger partial charge is 0.170 e. The van der Waals surface area contributed by atoms with Crippen LogP contribution >= 0.6 is 0 Å². The second-order valence-corrected chi connectivity index (χ2v) is 6.57. The van der Waals surface area contributed by atoms with Crippen molar-refractivity contribution in [1.82, 2.24) is 4.98 Å². The predicted octanol–water partition coefficient (Wildman–Crippen LogP) is 4.20. The fraction of sp³-hybridized carbons (Fsp3) is 0.333. The Hall–Kier alpha value is -2.42. The number of rotatable bonds is 4. The zero-order valence-electron chi connectivity index (χ0n) is 14.7. The molecule has 0 N–H and O–H groups in total. The van der Waals surface area contributed by atoms with Gasteiger partial charge in [0.2, 0.25) is 0 Å². The number of methoxy groups -OCH3 is 1. The van der Waals surface area contributed by atoms with E-state index in [0.717, 1.165) is 33.7 Å². The number of benzene rings is 1. The van der Waals surface area contributed by atoms with Gasteiger partial charge >= 0.3 is 0 Å². The van der Waals surface area contributed by atoms with Crippen molar-refractivity contribution in [2.24, 2.45) is 5.92 Å². The molecule has 1 atom stereocenters. The Kier molecular flexibility index (Phi) is 4.52. The van der Waals surface area contributed by atoms with Crippen LogP contribution in [0.4, 0.5) is 0 Å². The van der Waals surface area contributed by atoms with Gasteiger partial charge in [-0.1, -0.05) is 23.8 Å². The molecule has 0 spiro atoms. The third-order valence-electron chi connectivity index (χ3n) is 4.68. The highest BCUT2D eigenvalue weighted by Crippen LogP contribution is 2.39. The van der Waals surface area contributed by atoms with Crippen molar-refractivity contribution in [2.75, 3.05) is 7.11 Å². The van der Waals surface area contributed by atoms with Gasteiger partial charge in [-0.2, -0.15) is 0 Å². The van der Waals surface area contributed by atoms with Gasteiger partial charge in [-0.05, 0) is 49.6 Å². The molecule has 0 radical (unpaired) electrons. The normalized spacial score (nSPS) is 17.5. The average molecular weight is 321 g/mol. The number of nitrogens with zero attached hydrogens (tertiary/aromatic N) is 1. The molecule has 2 aromatic rings. The van der Waals surface area contributed by atoms with Crippen LogP contribution in [0.1, 0.15) is 34.4 Å². The van der Waals surface area contributed by atoms with Gasteiger partial charge in [0.05, 0.1) is 12.7 Å². The largest absolute Gasteiger partial charge is 0.500 e. The van der Waals surface area contributed by atoms with Crippen molar-refractivity contribution in [3.8, 4) is 0 Å². The lowest BCUT2D eigenvalue weighted by atomic mass is 9.90. The summed E-state index contributed by atoms with van der Waals surface area (Å²) in [5.74, 6) is 0.883.